The number of fused-ring (bicyclic) bond motifs is 1. The summed E-state index contributed by atoms with van der Waals surface area (Å²) in [7, 11) is 0. The fraction of sp³-hybridized carbons (Fsp3) is 1.00. The molecule has 0 spiro atoms. The van der Waals surface area contributed by atoms with Crippen LogP contribution in [-0.4, -0.2) is 34.6 Å². The Morgan fingerprint density at radius 2 is 2.33 bits per heavy atom. The molecule has 2 rings (SSSR count). The van der Waals surface area contributed by atoms with E-state index in [0.717, 1.165) is 32.1 Å². The maximum atomic E-state index is 9.50. The molecule has 1 saturated heterocycles. The van der Waals surface area contributed by atoms with Crippen LogP contribution < -0.4 is 0 Å². The van der Waals surface area contributed by atoms with Crippen molar-refractivity contribution in [2.45, 2.75) is 49.9 Å². The van der Waals surface area contributed by atoms with E-state index < -0.39 is 0 Å². The molecule has 12 heavy (non-hydrogen) atoms. The summed E-state index contributed by atoms with van der Waals surface area (Å²) in [5.74, 6) is 0. The van der Waals surface area contributed by atoms with Gasteiger partial charge < -0.3 is 14.9 Å². The topological polar surface area (TPSA) is 53.0 Å². The van der Waals surface area contributed by atoms with Gasteiger partial charge in [-0.1, -0.05) is 0 Å². The SMILES string of the molecule is OCCC[C@]12CCC[C@@H](O)[C@H]1O2. The van der Waals surface area contributed by atoms with E-state index in [4.69, 9.17) is 9.84 Å². The van der Waals surface area contributed by atoms with Crippen molar-refractivity contribution in [1.29, 1.82) is 0 Å². The normalized spacial score (nSPS) is 45.5. The van der Waals surface area contributed by atoms with Gasteiger partial charge >= 0.3 is 0 Å². The van der Waals surface area contributed by atoms with Crippen LogP contribution in [-0.2, 0) is 4.74 Å². The van der Waals surface area contributed by atoms with Gasteiger partial charge in [0.15, 0.2) is 0 Å². The molecule has 0 radical (unpaired) electrons. The highest BCUT2D eigenvalue weighted by Crippen LogP contribution is 2.50. The Kier molecular flexibility index (Phi) is 2.10. The third kappa shape index (κ3) is 1.26. The van der Waals surface area contributed by atoms with Crippen LogP contribution in [0.25, 0.3) is 0 Å². The number of aliphatic hydroxyl groups is 2. The Balaban J connectivity index is 1.88. The fourth-order valence-corrected chi connectivity index (χ4v) is 2.32. The van der Waals surface area contributed by atoms with Crippen LogP contribution in [0.5, 0.6) is 0 Å². The molecule has 0 amide bonds. The number of epoxide rings is 1. The standard InChI is InChI=1S/C9H16O3/c10-6-2-5-9-4-1-3-7(11)8(9)12-9/h7-8,10-11H,1-6H2/t7-,8-,9-/m1/s1. The lowest BCUT2D eigenvalue weighted by atomic mass is 9.84. The van der Waals surface area contributed by atoms with E-state index in [-0.39, 0.29) is 24.4 Å². The van der Waals surface area contributed by atoms with E-state index >= 15 is 0 Å². The van der Waals surface area contributed by atoms with E-state index in [1.165, 1.54) is 0 Å². The van der Waals surface area contributed by atoms with E-state index in [1.54, 1.807) is 0 Å². The molecule has 1 aliphatic carbocycles. The van der Waals surface area contributed by atoms with Gasteiger partial charge in [0.1, 0.15) is 6.10 Å². The van der Waals surface area contributed by atoms with Gasteiger partial charge in [-0.25, -0.2) is 0 Å². The average Bonchev–Trinajstić information content (AvgIpc) is 2.78. The van der Waals surface area contributed by atoms with Crippen LogP contribution in [0.4, 0.5) is 0 Å². The summed E-state index contributed by atoms with van der Waals surface area (Å²) < 4.78 is 5.52. The number of ether oxygens (including phenoxy) is 1. The summed E-state index contributed by atoms with van der Waals surface area (Å²) in [6.45, 7) is 0.230. The summed E-state index contributed by atoms with van der Waals surface area (Å²) in [4.78, 5) is 0. The van der Waals surface area contributed by atoms with Crippen molar-refractivity contribution < 1.29 is 14.9 Å². The van der Waals surface area contributed by atoms with Crippen molar-refractivity contribution in [1.82, 2.24) is 0 Å². The fourth-order valence-electron chi connectivity index (χ4n) is 2.32. The van der Waals surface area contributed by atoms with E-state index in [0.29, 0.717) is 0 Å². The zero-order valence-electron chi connectivity index (χ0n) is 7.20. The second kappa shape index (κ2) is 2.98. The maximum absolute atomic E-state index is 9.50. The summed E-state index contributed by atoms with van der Waals surface area (Å²) in [5.41, 5.74) is -0.0413. The number of rotatable bonds is 3. The highest BCUT2D eigenvalue weighted by Gasteiger charge is 2.60. The Morgan fingerprint density at radius 3 is 3.08 bits per heavy atom. The number of aliphatic hydroxyl groups excluding tert-OH is 2. The first-order valence-corrected chi connectivity index (χ1v) is 4.75. The van der Waals surface area contributed by atoms with Gasteiger partial charge in [0, 0.05) is 6.61 Å². The van der Waals surface area contributed by atoms with Gasteiger partial charge in [-0.3, -0.25) is 0 Å². The lowest BCUT2D eigenvalue weighted by Crippen LogP contribution is -2.29. The first-order chi connectivity index (χ1) is 5.78. The number of hydrogen-bond donors (Lipinski definition) is 2. The van der Waals surface area contributed by atoms with Gasteiger partial charge in [-0.15, -0.1) is 0 Å². The Bertz CT molecular complexity index is 171. The van der Waals surface area contributed by atoms with Gasteiger partial charge in [0.25, 0.3) is 0 Å². The zero-order chi connectivity index (χ0) is 8.60. The lowest BCUT2D eigenvalue weighted by molar-refractivity contribution is 0.122. The minimum Gasteiger partial charge on any atom is -0.396 e. The molecule has 3 nitrogen and oxygen atoms in total. The van der Waals surface area contributed by atoms with Crippen molar-refractivity contribution in [2.75, 3.05) is 6.61 Å². The molecule has 0 aromatic heterocycles. The molecule has 1 saturated carbocycles. The van der Waals surface area contributed by atoms with Gasteiger partial charge in [0.2, 0.25) is 0 Å². The van der Waals surface area contributed by atoms with Crippen molar-refractivity contribution in [2.24, 2.45) is 0 Å². The van der Waals surface area contributed by atoms with Crippen LogP contribution >= 0.6 is 0 Å². The molecule has 3 atom stereocenters. The first-order valence-electron chi connectivity index (χ1n) is 4.75. The molecule has 0 aromatic rings. The summed E-state index contributed by atoms with van der Waals surface area (Å²) in [5, 5.41) is 18.2. The molecular formula is C9H16O3. The lowest BCUT2D eigenvalue weighted by Gasteiger charge is -2.20. The summed E-state index contributed by atoms with van der Waals surface area (Å²) in [6, 6.07) is 0. The quantitative estimate of drug-likeness (QED) is 0.607. The summed E-state index contributed by atoms with van der Waals surface area (Å²) in [6.07, 6.45) is 4.54. The maximum Gasteiger partial charge on any atom is 0.113 e. The molecule has 1 heterocycles. The van der Waals surface area contributed by atoms with Crippen LogP contribution in [0.3, 0.4) is 0 Å². The highest BCUT2D eigenvalue weighted by molar-refractivity contribution is 5.08. The minimum atomic E-state index is -0.252. The van der Waals surface area contributed by atoms with Gasteiger partial charge in [-0.2, -0.15) is 0 Å². The average molecular weight is 172 g/mol. The molecule has 0 unspecified atom stereocenters. The van der Waals surface area contributed by atoms with Gasteiger partial charge in [0.05, 0.1) is 11.7 Å². The zero-order valence-corrected chi connectivity index (χ0v) is 7.20. The molecule has 0 bridgehead atoms. The highest BCUT2D eigenvalue weighted by atomic mass is 16.6. The third-order valence-electron chi connectivity index (χ3n) is 3.03. The van der Waals surface area contributed by atoms with E-state index in [9.17, 15) is 5.11 Å². The van der Waals surface area contributed by atoms with Crippen LogP contribution in [0.2, 0.25) is 0 Å². The first kappa shape index (κ1) is 8.48. The second-order valence-electron chi connectivity index (χ2n) is 3.89. The van der Waals surface area contributed by atoms with Crippen molar-refractivity contribution in [3.8, 4) is 0 Å². The molecule has 70 valence electrons. The molecular weight excluding hydrogens is 156 g/mol. The van der Waals surface area contributed by atoms with Gasteiger partial charge in [-0.05, 0) is 32.1 Å². The van der Waals surface area contributed by atoms with Crippen LogP contribution in [0.15, 0.2) is 0 Å². The van der Waals surface area contributed by atoms with Crippen LogP contribution in [0, 0.1) is 0 Å². The van der Waals surface area contributed by atoms with Crippen LogP contribution in [0.1, 0.15) is 32.1 Å². The monoisotopic (exact) mass is 172 g/mol. The van der Waals surface area contributed by atoms with E-state index in [1.807, 2.05) is 0 Å². The molecule has 2 fully saturated rings. The van der Waals surface area contributed by atoms with Crippen molar-refractivity contribution >= 4 is 0 Å². The predicted octanol–water partition coefficient (Wildman–Crippen LogP) is 0.441. The predicted molar refractivity (Wildman–Crippen MR) is 43.8 cm³/mol. The molecule has 2 aliphatic rings. The van der Waals surface area contributed by atoms with Crippen molar-refractivity contribution in [3.05, 3.63) is 0 Å². The minimum absolute atomic E-state index is 0.0413. The Hall–Kier alpha value is -0.120. The summed E-state index contributed by atoms with van der Waals surface area (Å²) >= 11 is 0. The Morgan fingerprint density at radius 1 is 1.50 bits per heavy atom. The smallest absolute Gasteiger partial charge is 0.113 e. The number of hydrogen-bond acceptors (Lipinski definition) is 3. The molecule has 0 aromatic carbocycles. The Labute approximate surface area is 72.3 Å². The third-order valence-corrected chi connectivity index (χ3v) is 3.03. The largest absolute Gasteiger partial charge is 0.396 e. The second-order valence-corrected chi connectivity index (χ2v) is 3.89. The van der Waals surface area contributed by atoms with E-state index in [2.05, 4.69) is 0 Å². The molecule has 1 aliphatic heterocycles. The van der Waals surface area contributed by atoms with Crippen molar-refractivity contribution in [3.63, 3.8) is 0 Å². The molecule has 2 N–H and O–H groups in total. The molecule has 3 heteroatoms.